The first-order valence-electron chi connectivity index (χ1n) is 14.1. The van der Waals surface area contributed by atoms with Crippen LogP contribution in [0.25, 0.3) is 10.9 Å². The lowest BCUT2D eigenvalue weighted by Crippen LogP contribution is -2.36. The zero-order chi connectivity index (χ0) is 32.3. The van der Waals surface area contributed by atoms with Gasteiger partial charge >= 0.3 is 6.09 Å². The number of anilines is 1. The Labute approximate surface area is 257 Å². The standard InChI is InChI=1S/C32H31F3N4O6/c1-32(2,3)45-31(41)39(4)11-12-42-20-7-8-21-25(15-20)36-10-9-26(21)44-29-23(33)13-18(14-24(29)34)38-30(40)22-17-37-28(35)16-27(22)43-19-5-6-19/h7-10,13-17,19H,5-6,11-12H2,1-4H3,(H,38,40). The van der Waals surface area contributed by atoms with Crippen LogP contribution in [0.15, 0.2) is 54.9 Å². The molecule has 4 aromatic rings. The van der Waals surface area contributed by atoms with Crippen LogP contribution < -0.4 is 19.5 Å². The minimum Gasteiger partial charge on any atom is -0.492 e. The highest BCUT2D eigenvalue weighted by molar-refractivity contribution is 6.06. The van der Waals surface area contributed by atoms with E-state index < -0.39 is 40.9 Å². The number of fused-ring (bicyclic) bond motifs is 1. The molecule has 45 heavy (non-hydrogen) atoms. The van der Waals surface area contributed by atoms with Crippen molar-refractivity contribution in [3.8, 4) is 23.0 Å². The number of benzene rings is 2. The molecule has 1 saturated carbocycles. The third-order valence-corrected chi connectivity index (χ3v) is 6.44. The van der Waals surface area contributed by atoms with Crippen molar-refractivity contribution in [3.05, 3.63) is 78.0 Å². The summed E-state index contributed by atoms with van der Waals surface area (Å²) in [5, 5.41) is 2.85. The maximum absolute atomic E-state index is 15.1. The number of amides is 2. The minimum absolute atomic E-state index is 0.00495. The summed E-state index contributed by atoms with van der Waals surface area (Å²) < 4.78 is 66.1. The van der Waals surface area contributed by atoms with E-state index in [0.29, 0.717) is 16.7 Å². The van der Waals surface area contributed by atoms with Crippen molar-refractivity contribution in [2.24, 2.45) is 0 Å². The third kappa shape index (κ3) is 8.11. The van der Waals surface area contributed by atoms with Crippen LogP contribution in [-0.4, -0.2) is 58.8 Å². The van der Waals surface area contributed by atoms with E-state index in [4.69, 9.17) is 18.9 Å². The molecule has 13 heteroatoms. The van der Waals surface area contributed by atoms with Gasteiger partial charge in [-0.2, -0.15) is 4.39 Å². The quantitative estimate of drug-likeness (QED) is 0.190. The number of hydrogen-bond donors (Lipinski definition) is 1. The van der Waals surface area contributed by atoms with Gasteiger partial charge in [-0.3, -0.25) is 9.78 Å². The number of ether oxygens (including phenoxy) is 4. The Balaban J connectivity index is 1.25. The van der Waals surface area contributed by atoms with Gasteiger partial charge in [-0.05, 0) is 51.8 Å². The van der Waals surface area contributed by atoms with Crippen molar-refractivity contribution in [2.75, 3.05) is 25.5 Å². The van der Waals surface area contributed by atoms with E-state index in [0.717, 1.165) is 37.2 Å². The maximum atomic E-state index is 15.1. The number of carbonyl (C=O) groups excluding carboxylic acids is 2. The number of halogens is 3. The van der Waals surface area contributed by atoms with E-state index in [-0.39, 0.29) is 42.0 Å². The SMILES string of the molecule is CN(CCOc1ccc2c(Oc3c(F)cc(NC(=O)c4cnc(F)cc4OC4CC4)cc3F)ccnc2c1)C(=O)OC(C)(C)C. The molecule has 1 fully saturated rings. The topological polar surface area (TPSA) is 112 Å². The molecule has 0 spiro atoms. The second kappa shape index (κ2) is 12.9. The van der Waals surface area contributed by atoms with Crippen molar-refractivity contribution in [3.63, 3.8) is 0 Å². The third-order valence-electron chi connectivity index (χ3n) is 6.44. The van der Waals surface area contributed by atoms with Crippen molar-refractivity contribution >= 4 is 28.6 Å². The lowest BCUT2D eigenvalue weighted by Gasteiger charge is -2.24. The molecule has 2 heterocycles. The Hall–Kier alpha value is -5.07. The number of carbonyl (C=O) groups is 2. The van der Waals surface area contributed by atoms with Crippen molar-refractivity contribution in [1.29, 1.82) is 0 Å². The van der Waals surface area contributed by atoms with Crippen LogP contribution in [-0.2, 0) is 4.74 Å². The molecule has 0 aliphatic heterocycles. The Kier molecular flexibility index (Phi) is 8.98. The van der Waals surface area contributed by atoms with Crippen LogP contribution in [0.4, 0.5) is 23.7 Å². The molecule has 2 amide bonds. The average molecular weight is 625 g/mol. The number of hydrogen-bond acceptors (Lipinski definition) is 8. The number of nitrogens with one attached hydrogen (secondary N) is 1. The second-order valence-electron chi connectivity index (χ2n) is 11.4. The van der Waals surface area contributed by atoms with Gasteiger partial charge in [-0.15, -0.1) is 0 Å². The number of pyridine rings is 2. The first-order valence-corrected chi connectivity index (χ1v) is 14.1. The predicted octanol–water partition coefficient (Wildman–Crippen LogP) is 6.88. The highest BCUT2D eigenvalue weighted by Crippen LogP contribution is 2.35. The van der Waals surface area contributed by atoms with Crippen molar-refractivity contribution < 1.29 is 41.7 Å². The number of likely N-dealkylation sites (N-methyl/N-ethyl adjacent to an activating group) is 1. The van der Waals surface area contributed by atoms with E-state index in [9.17, 15) is 14.0 Å². The number of aromatic nitrogens is 2. The Bertz CT molecular complexity index is 1720. The van der Waals surface area contributed by atoms with E-state index in [2.05, 4.69) is 15.3 Å². The molecule has 0 unspecified atom stereocenters. The summed E-state index contributed by atoms with van der Waals surface area (Å²) >= 11 is 0. The number of nitrogens with zero attached hydrogens (tertiary/aromatic N) is 3. The van der Waals surface area contributed by atoms with Gasteiger partial charge in [0.1, 0.15) is 35.0 Å². The molecular formula is C32H31F3N4O6. The van der Waals surface area contributed by atoms with Gasteiger partial charge in [-0.1, -0.05) is 0 Å². The second-order valence-corrected chi connectivity index (χ2v) is 11.4. The van der Waals surface area contributed by atoms with Gasteiger partial charge in [-0.25, -0.2) is 18.6 Å². The Morgan fingerprint density at radius 1 is 1.00 bits per heavy atom. The van der Waals surface area contributed by atoms with E-state index in [1.807, 2.05) is 0 Å². The first kappa shape index (κ1) is 31.4. The van der Waals surface area contributed by atoms with Gasteiger partial charge in [0.2, 0.25) is 5.95 Å². The van der Waals surface area contributed by atoms with Crippen LogP contribution in [0.3, 0.4) is 0 Å². The highest BCUT2D eigenvalue weighted by Gasteiger charge is 2.27. The molecule has 2 aromatic carbocycles. The monoisotopic (exact) mass is 624 g/mol. The Morgan fingerprint density at radius 2 is 1.73 bits per heavy atom. The highest BCUT2D eigenvalue weighted by atomic mass is 19.1. The normalized spacial score (nSPS) is 12.9. The molecule has 1 aliphatic rings. The summed E-state index contributed by atoms with van der Waals surface area (Å²) in [6.45, 7) is 5.80. The molecule has 2 aromatic heterocycles. The van der Waals surface area contributed by atoms with E-state index >= 15 is 8.78 Å². The molecule has 236 valence electrons. The van der Waals surface area contributed by atoms with E-state index in [1.54, 1.807) is 46.0 Å². The van der Waals surface area contributed by atoms with E-state index in [1.165, 1.54) is 17.2 Å². The van der Waals surface area contributed by atoms with Crippen LogP contribution in [0.5, 0.6) is 23.0 Å². The summed E-state index contributed by atoms with van der Waals surface area (Å²) in [5.41, 5.74) is -0.445. The predicted molar refractivity (Wildman–Crippen MR) is 158 cm³/mol. The molecule has 1 N–H and O–H groups in total. The molecule has 10 nitrogen and oxygen atoms in total. The van der Waals surface area contributed by atoms with Crippen LogP contribution in [0, 0.1) is 17.6 Å². The largest absolute Gasteiger partial charge is 0.492 e. The number of rotatable bonds is 10. The minimum atomic E-state index is -1.07. The Morgan fingerprint density at radius 3 is 2.42 bits per heavy atom. The fraction of sp³-hybridized carbons (Fsp3) is 0.312. The van der Waals surface area contributed by atoms with Gasteiger partial charge in [0, 0.05) is 54.8 Å². The van der Waals surface area contributed by atoms with Crippen molar-refractivity contribution in [2.45, 2.75) is 45.3 Å². The zero-order valence-electron chi connectivity index (χ0n) is 25.0. The smallest absolute Gasteiger partial charge is 0.410 e. The molecule has 0 atom stereocenters. The summed E-state index contributed by atoms with van der Waals surface area (Å²) in [4.78, 5) is 34.1. The average Bonchev–Trinajstić information content (AvgIpc) is 3.78. The maximum Gasteiger partial charge on any atom is 0.410 e. The molecule has 5 rings (SSSR count). The van der Waals surface area contributed by atoms with Gasteiger partial charge in [0.15, 0.2) is 17.4 Å². The first-order chi connectivity index (χ1) is 21.4. The molecule has 0 radical (unpaired) electrons. The summed E-state index contributed by atoms with van der Waals surface area (Å²) in [6, 6.07) is 9.15. The van der Waals surface area contributed by atoms with Crippen LogP contribution in [0.1, 0.15) is 44.0 Å². The summed E-state index contributed by atoms with van der Waals surface area (Å²) in [5.74, 6) is -3.85. The summed E-state index contributed by atoms with van der Waals surface area (Å²) in [7, 11) is 1.60. The van der Waals surface area contributed by atoms with Crippen LogP contribution in [0.2, 0.25) is 0 Å². The fourth-order valence-corrected chi connectivity index (χ4v) is 4.10. The molecule has 0 saturated heterocycles. The molecular weight excluding hydrogens is 593 g/mol. The van der Waals surface area contributed by atoms with Gasteiger partial charge in [0.05, 0.1) is 18.2 Å². The fourth-order valence-electron chi connectivity index (χ4n) is 4.10. The lowest BCUT2D eigenvalue weighted by atomic mass is 10.2. The molecule has 0 bridgehead atoms. The van der Waals surface area contributed by atoms with Crippen molar-refractivity contribution in [1.82, 2.24) is 14.9 Å². The lowest BCUT2D eigenvalue weighted by molar-refractivity contribution is 0.0278. The van der Waals surface area contributed by atoms with Gasteiger partial charge in [0.25, 0.3) is 5.91 Å². The van der Waals surface area contributed by atoms with Gasteiger partial charge < -0.3 is 29.2 Å². The molecule has 1 aliphatic carbocycles. The summed E-state index contributed by atoms with van der Waals surface area (Å²) in [6.07, 6.45) is 3.38. The van der Waals surface area contributed by atoms with Crippen LogP contribution >= 0.6 is 0 Å². The zero-order valence-corrected chi connectivity index (χ0v) is 25.0.